The number of carbonyl (C=O) groups excluding carboxylic acids is 2. The highest BCUT2D eigenvalue weighted by Crippen LogP contribution is 2.26. The lowest BCUT2D eigenvalue weighted by Crippen LogP contribution is -2.26. The molecule has 0 aliphatic rings. The standard InChI is InChI=1S/C23H29N5O2S/c1-15(2)27-20-12-22(28-17-8-9-19-21(11-17)31-14-26-19)25-13-18(20)23(30)24-10-6-4-5-7-16(3)29/h8-9,11-15H,4-7,10H2,1-3H3,(H,24,30)(H2,25,27,28). The molecule has 0 saturated heterocycles. The van der Waals surface area contributed by atoms with E-state index in [0.717, 1.165) is 40.9 Å². The zero-order valence-electron chi connectivity index (χ0n) is 18.2. The van der Waals surface area contributed by atoms with Crippen molar-refractivity contribution >= 4 is 50.4 Å². The van der Waals surface area contributed by atoms with E-state index in [1.165, 1.54) is 0 Å². The van der Waals surface area contributed by atoms with E-state index < -0.39 is 0 Å². The summed E-state index contributed by atoms with van der Waals surface area (Å²) < 4.78 is 1.10. The Balaban J connectivity index is 1.65. The lowest BCUT2D eigenvalue weighted by Gasteiger charge is -2.16. The molecule has 8 heteroatoms. The normalized spacial score (nSPS) is 11.0. The van der Waals surface area contributed by atoms with E-state index in [2.05, 4.69) is 25.9 Å². The zero-order chi connectivity index (χ0) is 22.2. The number of ketones is 1. The SMILES string of the molecule is CC(=O)CCCCCNC(=O)c1cnc(Nc2ccc3ncsc3c2)cc1NC(C)C. The minimum Gasteiger partial charge on any atom is -0.382 e. The van der Waals surface area contributed by atoms with Gasteiger partial charge in [0.25, 0.3) is 5.91 Å². The Hall–Kier alpha value is -3.00. The first-order valence-electron chi connectivity index (χ1n) is 10.6. The summed E-state index contributed by atoms with van der Waals surface area (Å²) in [5, 5.41) is 9.61. The number of amides is 1. The van der Waals surface area contributed by atoms with Crippen LogP contribution in [0.25, 0.3) is 10.2 Å². The second kappa shape index (κ2) is 10.9. The van der Waals surface area contributed by atoms with Gasteiger partial charge in [0, 0.05) is 37.0 Å². The second-order valence-electron chi connectivity index (χ2n) is 7.84. The number of nitrogens with one attached hydrogen (secondary N) is 3. The number of thiazole rings is 1. The van der Waals surface area contributed by atoms with Crippen molar-refractivity contribution in [3.05, 3.63) is 41.5 Å². The minimum atomic E-state index is -0.153. The van der Waals surface area contributed by atoms with Crippen molar-refractivity contribution in [1.29, 1.82) is 0 Å². The molecule has 164 valence electrons. The summed E-state index contributed by atoms with van der Waals surface area (Å²) in [4.78, 5) is 32.4. The predicted molar refractivity (Wildman–Crippen MR) is 127 cm³/mol. The molecule has 2 heterocycles. The molecule has 3 rings (SSSR count). The Bertz CT molecular complexity index is 1050. The number of benzene rings is 1. The number of Topliss-reactive ketones (excluding diaryl/α,β-unsaturated/α-hetero) is 1. The van der Waals surface area contributed by atoms with Crippen LogP contribution in [0, 0.1) is 0 Å². The fourth-order valence-corrected chi connectivity index (χ4v) is 3.91. The number of hydrogen-bond donors (Lipinski definition) is 3. The van der Waals surface area contributed by atoms with E-state index in [9.17, 15) is 9.59 Å². The molecule has 0 saturated carbocycles. The van der Waals surface area contributed by atoms with Crippen LogP contribution in [0.1, 0.15) is 56.8 Å². The van der Waals surface area contributed by atoms with Gasteiger partial charge < -0.3 is 20.7 Å². The summed E-state index contributed by atoms with van der Waals surface area (Å²) >= 11 is 1.59. The van der Waals surface area contributed by atoms with Crippen molar-refractivity contribution < 1.29 is 9.59 Å². The van der Waals surface area contributed by atoms with Gasteiger partial charge in [0.2, 0.25) is 0 Å². The van der Waals surface area contributed by atoms with Gasteiger partial charge >= 0.3 is 0 Å². The van der Waals surface area contributed by atoms with E-state index >= 15 is 0 Å². The molecule has 1 aromatic carbocycles. The Morgan fingerprint density at radius 2 is 1.94 bits per heavy atom. The maximum atomic E-state index is 12.7. The van der Waals surface area contributed by atoms with Crippen molar-refractivity contribution in [2.24, 2.45) is 0 Å². The first-order chi connectivity index (χ1) is 14.9. The molecule has 0 atom stereocenters. The van der Waals surface area contributed by atoms with Gasteiger partial charge in [0.15, 0.2) is 0 Å². The fraction of sp³-hybridized carbons (Fsp3) is 0.391. The van der Waals surface area contributed by atoms with Crippen LogP contribution in [0.15, 0.2) is 36.0 Å². The van der Waals surface area contributed by atoms with Gasteiger partial charge in [-0.05, 0) is 51.8 Å². The van der Waals surface area contributed by atoms with Crippen molar-refractivity contribution in [3.63, 3.8) is 0 Å². The molecule has 2 aromatic heterocycles. The number of fused-ring (bicyclic) bond motifs is 1. The van der Waals surface area contributed by atoms with Crippen LogP contribution >= 0.6 is 11.3 Å². The van der Waals surface area contributed by atoms with Crippen LogP contribution in [0.4, 0.5) is 17.2 Å². The van der Waals surface area contributed by atoms with Gasteiger partial charge in [-0.3, -0.25) is 4.79 Å². The van der Waals surface area contributed by atoms with Crippen molar-refractivity contribution in [2.45, 2.75) is 52.5 Å². The number of unbranched alkanes of at least 4 members (excludes halogenated alkanes) is 2. The van der Waals surface area contributed by atoms with Gasteiger partial charge in [-0.15, -0.1) is 11.3 Å². The molecule has 0 spiro atoms. The van der Waals surface area contributed by atoms with Crippen LogP contribution < -0.4 is 16.0 Å². The average molecular weight is 440 g/mol. The summed E-state index contributed by atoms with van der Waals surface area (Å²) in [6, 6.07) is 8.00. The van der Waals surface area contributed by atoms with Gasteiger partial charge in [0.05, 0.1) is 27.0 Å². The van der Waals surface area contributed by atoms with Crippen molar-refractivity contribution in [3.8, 4) is 0 Å². The molecule has 0 fully saturated rings. The summed E-state index contributed by atoms with van der Waals surface area (Å²) in [5.41, 5.74) is 4.97. The molecule has 0 aliphatic heterocycles. The van der Waals surface area contributed by atoms with Gasteiger partial charge in [-0.2, -0.15) is 0 Å². The topological polar surface area (TPSA) is 96.0 Å². The Morgan fingerprint density at radius 1 is 1.10 bits per heavy atom. The van der Waals surface area contributed by atoms with Gasteiger partial charge in [-0.25, -0.2) is 9.97 Å². The zero-order valence-corrected chi connectivity index (χ0v) is 19.0. The summed E-state index contributed by atoms with van der Waals surface area (Å²) in [5.74, 6) is 0.716. The van der Waals surface area contributed by atoms with Crippen LogP contribution in [0.3, 0.4) is 0 Å². The van der Waals surface area contributed by atoms with E-state index in [1.807, 2.05) is 43.6 Å². The van der Waals surface area contributed by atoms with Gasteiger partial charge in [0.1, 0.15) is 11.6 Å². The second-order valence-corrected chi connectivity index (χ2v) is 8.73. The van der Waals surface area contributed by atoms with E-state index in [-0.39, 0.29) is 17.7 Å². The molecule has 0 aliphatic carbocycles. The number of rotatable bonds is 11. The number of anilines is 3. The number of carbonyl (C=O) groups is 2. The molecule has 31 heavy (non-hydrogen) atoms. The average Bonchev–Trinajstić information content (AvgIpc) is 3.18. The van der Waals surface area contributed by atoms with Crippen LogP contribution in [-0.4, -0.2) is 34.2 Å². The van der Waals surface area contributed by atoms with Crippen molar-refractivity contribution in [2.75, 3.05) is 17.2 Å². The Labute approximate surface area is 186 Å². The van der Waals surface area contributed by atoms with E-state index in [0.29, 0.717) is 24.3 Å². The molecule has 7 nitrogen and oxygen atoms in total. The lowest BCUT2D eigenvalue weighted by molar-refractivity contribution is -0.117. The van der Waals surface area contributed by atoms with E-state index in [4.69, 9.17) is 0 Å². The molecular formula is C23H29N5O2S. The highest BCUT2D eigenvalue weighted by Gasteiger charge is 2.14. The molecule has 0 unspecified atom stereocenters. The predicted octanol–water partition coefficient (Wildman–Crippen LogP) is 5.13. The van der Waals surface area contributed by atoms with Crippen LogP contribution in [0.5, 0.6) is 0 Å². The summed E-state index contributed by atoms with van der Waals surface area (Å²) in [7, 11) is 0. The molecule has 0 bridgehead atoms. The smallest absolute Gasteiger partial charge is 0.254 e. The van der Waals surface area contributed by atoms with Crippen LogP contribution in [0.2, 0.25) is 0 Å². The number of nitrogens with zero attached hydrogens (tertiary/aromatic N) is 2. The third-order valence-electron chi connectivity index (χ3n) is 4.69. The fourth-order valence-electron chi connectivity index (χ4n) is 3.19. The van der Waals surface area contributed by atoms with Crippen molar-refractivity contribution in [1.82, 2.24) is 15.3 Å². The minimum absolute atomic E-state index is 0.153. The first kappa shape index (κ1) is 22.7. The molecule has 3 aromatic rings. The molecule has 3 N–H and O–H groups in total. The first-order valence-corrected chi connectivity index (χ1v) is 11.4. The van der Waals surface area contributed by atoms with Crippen LogP contribution in [-0.2, 0) is 4.79 Å². The Morgan fingerprint density at radius 3 is 2.71 bits per heavy atom. The molecule has 1 amide bonds. The quantitative estimate of drug-likeness (QED) is 0.358. The summed E-state index contributed by atoms with van der Waals surface area (Å²) in [6.45, 7) is 6.24. The number of hydrogen-bond acceptors (Lipinski definition) is 7. The number of pyridine rings is 1. The summed E-state index contributed by atoms with van der Waals surface area (Å²) in [6.07, 6.45) is 4.83. The highest BCUT2D eigenvalue weighted by molar-refractivity contribution is 7.16. The molecule has 0 radical (unpaired) electrons. The molecular weight excluding hydrogens is 410 g/mol. The number of aromatic nitrogens is 2. The lowest BCUT2D eigenvalue weighted by atomic mass is 10.1. The third-order valence-corrected chi connectivity index (χ3v) is 5.48. The van der Waals surface area contributed by atoms with E-state index in [1.54, 1.807) is 24.5 Å². The third kappa shape index (κ3) is 6.75. The Kier molecular flexibility index (Phi) is 7.94. The van der Waals surface area contributed by atoms with Gasteiger partial charge in [-0.1, -0.05) is 6.42 Å². The maximum Gasteiger partial charge on any atom is 0.254 e. The monoisotopic (exact) mass is 439 g/mol. The largest absolute Gasteiger partial charge is 0.382 e. The highest BCUT2D eigenvalue weighted by atomic mass is 32.1. The maximum absolute atomic E-state index is 12.7.